The minimum absolute atomic E-state index is 0.00712. The van der Waals surface area contributed by atoms with Crippen molar-refractivity contribution in [3.05, 3.63) is 35.5 Å². The summed E-state index contributed by atoms with van der Waals surface area (Å²) in [6, 6.07) is 0. The first-order valence-corrected chi connectivity index (χ1v) is 16.5. The molecule has 6 heteroatoms. The van der Waals surface area contributed by atoms with Gasteiger partial charge in [0.1, 0.15) is 5.41 Å². The summed E-state index contributed by atoms with van der Waals surface area (Å²) in [5, 5.41) is -0.292. The van der Waals surface area contributed by atoms with Gasteiger partial charge in [0, 0.05) is 23.7 Å². The van der Waals surface area contributed by atoms with Crippen LogP contribution in [0.25, 0.3) is 0 Å². The SMILES string of the molecule is COC(C)(C)CCC[C@@]1(C)[C@H](CC=C(C)C)C[C@]2(CC=C(C)C)C(=O)[C@@]1(C(=O)C(C)C)C=CC2SC(=O)SC. The van der Waals surface area contributed by atoms with Crippen molar-refractivity contribution in [2.45, 2.75) is 112 Å². The van der Waals surface area contributed by atoms with Crippen molar-refractivity contribution >= 4 is 39.5 Å². The lowest BCUT2D eigenvalue weighted by Crippen LogP contribution is -2.67. The predicted octanol–water partition coefficient (Wildman–Crippen LogP) is 9.24. The Morgan fingerprint density at radius 1 is 1.15 bits per heavy atom. The van der Waals surface area contributed by atoms with Gasteiger partial charge in [-0.1, -0.05) is 79.7 Å². The highest BCUT2D eigenvalue weighted by Gasteiger charge is 2.70. The number of allylic oxidation sites excluding steroid dienone is 5. The Kier molecular flexibility index (Phi) is 11.6. The highest BCUT2D eigenvalue weighted by molar-refractivity contribution is 8.38. The van der Waals surface area contributed by atoms with Gasteiger partial charge in [0.05, 0.1) is 5.60 Å². The molecule has 1 unspecified atom stereocenters. The molecule has 0 aromatic carbocycles. The second kappa shape index (κ2) is 13.2. The van der Waals surface area contributed by atoms with E-state index in [-0.39, 0.29) is 38.7 Å². The second-order valence-corrected chi connectivity index (χ2v) is 15.5. The van der Waals surface area contributed by atoms with Crippen LogP contribution in [-0.4, -0.2) is 40.2 Å². The summed E-state index contributed by atoms with van der Waals surface area (Å²) in [4.78, 5) is 42.3. The summed E-state index contributed by atoms with van der Waals surface area (Å²) in [6.45, 7) is 18.5. The van der Waals surface area contributed by atoms with Crippen molar-refractivity contribution in [2.75, 3.05) is 13.4 Å². The highest BCUT2D eigenvalue weighted by atomic mass is 32.2. The maximum absolute atomic E-state index is 15.1. The molecule has 0 aromatic rings. The number of carbonyl (C=O) groups excluding carboxylic acids is 3. The van der Waals surface area contributed by atoms with E-state index in [9.17, 15) is 9.59 Å². The number of Topliss-reactive ketones (excluding diaryl/α,β-unsaturated/α-hetero) is 2. The smallest absolute Gasteiger partial charge is 0.246 e. The van der Waals surface area contributed by atoms with Crippen LogP contribution in [0.3, 0.4) is 0 Å². The second-order valence-electron chi connectivity index (χ2n) is 13.3. The molecule has 220 valence electrons. The lowest BCUT2D eigenvalue weighted by Gasteiger charge is -2.62. The quantitative estimate of drug-likeness (QED) is 0.170. The summed E-state index contributed by atoms with van der Waals surface area (Å²) in [5.74, 6) is -0.127. The van der Waals surface area contributed by atoms with Crippen molar-refractivity contribution in [1.82, 2.24) is 0 Å². The molecule has 0 aromatic heterocycles. The summed E-state index contributed by atoms with van der Waals surface area (Å²) >= 11 is 2.45. The molecule has 2 aliphatic rings. The number of hydrogen-bond acceptors (Lipinski definition) is 6. The molecule has 1 fully saturated rings. The van der Waals surface area contributed by atoms with Gasteiger partial charge >= 0.3 is 0 Å². The first-order valence-electron chi connectivity index (χ1n) is 14.4. The van der Waals surface area contributed by atoms with Crippen LogP contribution in [0.5, 0.6) is 0 Å². The van der Waals surface area contributed by atoms with E-state index in [1.165, 1.54) is 29.1 Å². The van der Waals surface area contributed by atoms with Gasteiger partial charge in [0.25, 0.3) is 0 Å². The third kappa shape index (κ3) is 6.86. The number of fused-ring (bicyclic) bond motifs is 2. The Morgan fingerprint density at radius 2 is 1.77 bits per heavy atom. The minimum atomic E-state index is -1.22. The summed E-state index contributed by atoms with van der Waals surface area (Å²) in [5.41, 5.74) is -0.463. The molecule has 5 atom stereocenters. The summed E-state index contributed by atoms with van der Waals surface area (Å²) < 4.78 is 5.72. The lowest BCUT2D eigenvalue weighted by molar-refractivity contribution is -0.170. The molecule has 2 bridgehead atoms. The molecule has 1 saturated carbocycles. The fraction of sp³-hybridized carbons (Fsp3) is 0.727. The van der Waals surface area contributed by atoms with Gasteiger partial charge in [-0.05, 0) is 97.7 Å². The summed E-state index contributed by atoms with van der Waals surface area (Å²) in [6.07, 6.45) is 14.7. The van der Waals surface area contributed by atoms with Gasteiger partial charge in [0.2, 0.25) is 4.45 Å². The Morgan fingerprint density at radius 3 is 2.28 bits per heavy atom. The minimum Gasteiger partial charge on any atom is -0.379 e. The predicted molar refractivity (Wildman–Crippen MR) is 168 cm³/mol. The number of ether oxygens (including phenoxy) is 1. The molecule has 4 nitrogen and oxygen atoms in total. The largest absolute Gasteiger partial charge is 0.379 e. The van der Waals surface area contributed by atoms with Crippen LogP contribution in [-0.2, 0) is 14.3 Å². The molecule has 0 radical (unpaired) electrons. The van der Waals surface area contributed by atoms with E-state index in [2.05, 4.69) is 46.8 Å². The van der Waals surface area contributed by atoms with Crippen molar-refractivity contribution in [3.8, 4) is 0 Å². The highest BCUT2D eigenvalue weighted by Crippen LogP contribution is 2.67. The van der Waals surface area contributed by atoms with Crippen LogP contribution < -0.4 is 0 Å². The molecule has 2 aliphatic carbocycles. The number of methoxy groups -OCH3 is 1. The van der Waals surface area contributed by atoms with Gasteiger partial charge in [-0.15, -0.1) is 0 Å². The van der Waals surface area contributed by atoms with Gasteiger partial charge in [-0.3, -0.25) is 14.4 Å². The first kappa shape index (κ1) is 34.1. The van der Waals surface area contributed by atoms with Crippen molar-refractivity contribution in [3.63, 3.8) is 0 Å². The van der Waals surface area contributed by atoms with Gasteiger partial charge in [-0.2, -0.15) is 0 Å². The van der Waals surface area contributed by atoms with Crippen molar-refractivity contribution in [1.29, 1.82) is 0 Å². The molecule has 0 amide bonds. The average molecular weight is 577 g/mol. The average Bonchev–Trinajstić information content (AvgIpc) is 2.85. The third-order valence-electron chi connectivity index (χ3n) is 9.30. The number of thioether (sulfide) groups is 2. The third-order valence-corrected chi connectivity index (χ3v) is 11.5. The zero-order valence-corrected chi connectivity index (χ0v) is 27.9. The van der Waals surface area contributed by atoms with E-state index in [4.69, 9.17) is 4.74 Å². The molecule has 2 rings (SSSR count). The van der Waals surface area contributed by atoms with Crippen LogP contribution in [0.15, 0.2) is 35.5 Å². The van der Waals surface area contributed by atoms with E-state index in [1.54, 1.807) is 13.4 Å². The fourth-order valence-corrected chi connectivity index (χ4v) is 8.26. The van der Waals surface area contributed by atoms with Crippen LogP contribution in [0.2, 0.25) is 0 Å². The number of carbonyl (C=O) groups is 3. The van der Waals surface area contributed by atoms with Crippen LogP contribution in [0.1, 0.15) is 101 Å². The van der Waals surface area contributed by atoms with E-state index >= 15 is 4.79 Å². The van der Waals surface area contributed by atoms with E-state index in [0.29, 0.717) is 12.8 Å². The van der Waals surface area contributed by atoms with E-state index < -0.39 is 16.2 Å². The molecule has 0 heterocycles. The van der Waals surface area contributed by atoms with Gasteiger partial charge < -0.3 is 4.74 Å². The van der Waals surface area contributed by atoms with Crippen LogP contribution >= 0.6 is 23.5 Å². The molecule has 0 aliphatic heterocycles. The number of rotatable bonds is 12. The molecule has 0 saturated heterocycles. The Hall–Kier alpha value is -1.11. The molecular formula is C33H52O4S2. The number of hydrogen-bond donors (Lipinski definition) is 0. The van der Waals surface area contributed by atoms with Gasteiger partial charge in [0.15, 0.2) is 11.6 Å². The normalized spacial score (nSPS) is 30.3. The van der Waals surface area contributed by atoms with Crippen molar-refractivity contribution < 1.29 is 19.1 Å². The van der Waals surface area contributed by atoms with Crippen molar-refractivity contribution in [2.24, 2.45) is 28.1 Å². The number of ketones is 2. The molecule has 0 N–H and O–H groups in total. The fourth-order valence-electron chi connectivity index (χ4n) is 6.68. The Balaban J connectivity index is 2.85. The standard InChI is InChI=1S/C33H52O4S2/c1-22(2)13-14-25-21-32(19-15-23(3)4)26(39-29(36)38-11)16-20-33(28(32)35,27(34)24(5)6)31(25,9)18-12-17-30(7,8)37-10/h13,15-16,20,24-26H,12,14,17-19,21H2,1-11H3/t25-,26?,31+,32+,33+/m1/s1. The van der Waals surface area contributed by atoms with E-state index in [1.807, 2.05) is 39.8 Å². The monoisotopic (exact) mass is 576 g/mol. The zero-order chi connectivity index (χ0) is 29.8. The molecule has 39 heavy (non-hydrogen) atoms. The maximum atomic E-state index is 15.1. The molecule has 0 spiro atoms. The van der Waals surface area contributed by atoms with E-state index in [0.717, 1.165) is 31.3 Å². The van der Waals surface area contributed by atoms with Crippen LogP contribution in [0, 0.1) is 28.1 Å². The Bertz CT molecular complexity index is 1010. The lowest BCUT2D eigenvalue weighted by atomic mass is 9.39. The zero-order valence-electron chi connectivity index (χ0n) is 26.2. The molecular weight excluding hydrogens is 524 g/mol. The van der Waals surface area contributed by atoms with Gasteiger partial charge in [-0.25, -0.2) is 0 Å². The maximum Gasteiger partial charge on any atom is 0.246 e. The first-order chi connectivity index (χ1) is 18.0. The topological polar surface area (TPSA) is 60.4 Å². The Labute approximate surface area is 246 Å². The summed E-state index contributed by atoms with van der Waals surface area (Å²) in [7, 11) is 1.74. The van der Waals surface area contributed by atoms with Crippen LogP contribution in [0.4, 0.5) is 4.79 Å².